The topological polar surface area (TPSA) is 80.6 Å². The van der Waals surface area contributed by atoms with Crippen molar-refractivity contribution in [3.63, 3.8) is 0 Å². The highest BCUT2D eigenvalue weighted by Gasteiger charge is 2.18. The molecule has 2 amide bonds. The minimum atomic E-state index is -0.513. The van der Waals surface area contributed by atoms with Crippen molar-refractivity contribution < 1.29 is 18.7 Å². The monoisotopic (exact) mass is 396 g/mol. The van der Waals surface area contributed by atoms with Crippen molar-refractivity contribution in [3.05, 3.63) is 75.4 Å². The fraction of sp³-hybridized carbons (Fsp3) is 0.238. The molecule has 28 heavy (non-hydrogen) atoms. The van der Waals surface area contributed by atoms with Gasteiger partial charge in [0.15, 0.2) is 5.76 Å². The molecule has 2 heterocycles. The Morgan fingerprint density at radius 3 is 2.61 bits per heavy atom. The number of para-hydroxylation sites is 1. The van der Waals surface area contributed by atoms with Gasteiger partial charge in [0.1, 0.15) is 18.1 Å². The van der Waals surface area contributed by atoms with E-state index >= 15 is 0 Å². The van der Waals surface area contributed by atoms with Gasteiger partial charge in [-0.2, -0.15) is 0 Å². The number of hydrogen-bond acceptors (Lipinski definition) is 5. The molecule has 144 valence electrons. The molecule has 0 aliphatic heterocycles. The van der Waals surface area contributed by atoms with Crippen LogP contribution in [0.5, 0.6) is 5.75 Å². The van der Waals surface area contributed by atoms with Gasteiger partial charge in [-0.25, -0.2) is 0 Å². The van der Waals surface area contributed by atoms with E-state index < -0.39 is 5.91 Å². The minimum Gasteiger partial charge on any atom is -0.486 e. The maximum atomic E-state index is 12.3. The maximum absolute atomic E-state index is 12.3. The number of aryl methyl sites for hydroxylation is 2. The molecular weight excluding hydrogens is 376 g/mol. The van der Waals surface area contributed by atoms with E-state index in [4.69, 9.17) is 9.15 Å². The molecule has 0 atom stereocenters. The number of hydrazine groups is 1. The first-order valence-electron chi connectivity index (χ1n) is 9.18. The van der Waals surface area contributed by atoms with Crippen molar-refractivity contribution in [2.75, 3.05) is 0 Å². The second-order valence-electron chi connectivity index (χ2n) is 6.54. The fourth-order valence-corrected chi connectivity index (χ4v) is 4.24. The SMILES string of the molecule is O=C(NNC(=O)c1cc2c(s1)CCCC2)c1ccc(COc2ccccc2)o1. The Labute approximate surface area is 166 Å². The smallest absolute Gasteiger partial charge is 0.305 e. The number of carbonyl (C=O) groups excluding carboxylic acids is 2. The highest BCUT2D eigenvalue weighted by Crippen LogP contribution is 2.29. The number of rotatable bonds is 5. The Morgan fingerprint density at radius 1 is 1.00 bits per heavy atom. The predicted molar refractivity (Wildman–Crippen MR) is 105 cm³/mol. The Balaban J connectivity index is 1.29. The number of benzene rings is 1. The van der Waals surface area contributed by atoms with E-state index in [2.05, 4.69) is 10.9 Å². The van der Waals surface area contributed by atoms with Gasteiger partial charge in [-0.1, -0.05) is 18.2 Å². The second-order valence-corrected chi connectivity index (χ2v) is 7.68. The molecule has 6 nitrogen and oxygen atoms in total. The summed E-state index contributed by atoms with van der Waals surface area (Å²) in [6.07, 6.45) is 4.38. The summed E-state index contributed by atoms with van der Waals surface area (Å²) in [6.45, 7) is 0.213. The quantitative estimate of drug-likeness (QED) is 0.642. The van der Waals surface area contributed by atoms with Crippen molar-refractivity contribution in [1.82, 2.24) is 10.9 Å². The first-order valence-corrected chi connectivity index (χ1v) is 9.99. The number of ether oxygens (including phenoxy) is 1. The molecular formula is C21H20N2O4S. The standard InChI is InChI=1S/C21H20N2O4S/c24-20(17-11-10-16(27-17)13-26-15-7-2-1-3-8-15)22-23-21(25)19-12-14-6-4-5-9-18(14)28-19/h1-3,7-8,10-12H,4-6,9,13H2,(H,22,24)(H,23,25). The molecule has 0 saturated carbocycles. The van der Waals surface area contributed by atoms with Gasteiger partial charge in [0.05, 0.1) is 4.88 Å². The van der Waals surface area contributed by atoms with Gasteiger partial charge in [-0.05, 0) is 61.6 Å². The van der Waals surface area contributed by atoms with Crippen LogP contribution in [0.4, 0.5) is 0 Å². The molecule has 3 aromatic rings. The Kier molecular flexibility index (Phi) is 5.43. The van der Waals surface area contributed by atoms with Gasteiger partial charge in [0.2, 0.25) is 0 Å². The van der Waals surface area contributed by atoms with Gasteiger partial charge in [0.25, 0.3) is 5.91 Å². The van der Waals surface area contributed by atoms with E-state index in [1.165, 1.54) is 28.2 Å². The van der Waals surface area contributed by atoms with Crippen LogP contribution < -0.4 is 15.6 Å². The number of hydrogen-bond donors (Lipinski definition) is 2. The first-order chi connectivity index (χ1) is 13.7. The van der Waals surface area contributed by atoms with Crippen LogP contribution in [0.15, 0.2) is 52.9 Å². The Hall–Kier alpha value is -3.06. The summed E-state index contributed by atoms with van der Waals surface area (Å²) < 4.78 is 11.1. The minimum absolute atomic E-state index is 0.109. The van der Waals surface area contributed by atoms with E-state index in [1.807, 2.05) is 36.4 Å². The van der Waals surface area contributed by atoms with Crippen LogP contribution in [-0.4, -0.2) is 11.8 Å². The number of carbonyl (C=O) groups is 2. The van der Waals surface area contributed by atoms with Gasteiger partial charge >= 0.3 is 5.91 Å². The zero-order valence-electron chi connectivity index (χ0n) is 15.2. The van der Waals surface area contributed by atoms with E-state index in [0.29, 0.717) is 10.6 Å². The van der Waals surface area contributed by atoms with Gasteiger partial charge < -0.3 is 9.15 Å². The third-order valence-corrected chi connectivity index (χ3v) is 5.76. The molecule has 1 aliphatic rings. The first kappa shape index (κ1) is 18.3. The molecule has 0 unspecified atom stereocenters. The van der Waals surface area contributed by atoms with Gasteiger partial charge in [-0.3, -0.25) is 20.4 Å². The number of furan rings is 1. The zero-order chi connectivity index (χ0) is 19.3. The van der Waals surface area contributed by atoms with E-state index in [0.717, 1.165) is 25.0 Å². The van der Waals surface area contributed by atoms with Gasteiger partial charge in [0, 0.05) is 4.88 Å². The van der Waals surface area contributed by atoms with Crippen LogP contribution in [-0.2, 0) is 19.4 Å². The van der Waals surface area contributed by atoms with Crippen molar-refractivity contribution in [1.29, 1.82) is 0 Å². The van der Waals surface area contributed by atoms with Crippen molar-refractivity contribution in [3.8, 4) is 5.75 Å². The van der Waals surface area contributed by atoms with Crippen molar-refractivity contribution >= 4 is 23.2 Å². The predicted octanol–water partition coefficient (Wildman–Crippen LogP) is 3.87. The zero-order valence-corrected chi connectivity index (χ0v) is 16.0. The number of amides is 2. The number of fused-ring (bicyclic) bond motifs is 1. The number of nitrogens with one attached hydrogen (secondary N) is 2. The van der Waals surface area contributed by atoms with Crippen LogP contribution in [0.25, 0.3) is 0 Å². The lowest BCUT2D eigenvalue weighted by atomic mass is 9.99. The summed E-state index contributed by atoms with van der Waals surface area (Å²) in [5.41, 5.74) is 6.10. The van der Waals surface area contributed by atoms with Crippen molar-refractivity contribution in [2.24, 2.45) is 0 Å². The molecule has 0 spiro atoms. The Morgan fingerprint density at radius 2 is 1.79 bits per heavy atom. The molecule has 4 rings (SSSR count). The lowest BCUT2D eigenvalue weighted by Gasteiger charge is -2.08. The van der Waals surface area contributed by atoms with Crippen LogP contribution in [0, 0.1) is 0 Å². The third-order valence-electron chi connectivity index (χ3n) is 4.52. The molecule has 0 radical (unpaired) electrons. The molecule has 0 bridgehead atoms. The lowest BCUT2D eigenvalue weighted by Crippen LogP contribution is -2.41. The molecule has 1 aliphatic carbocycles. The summed E-state index contributed by atoms with van der Waals surface area (Å²) >= 11 is 1.50. The normalized spacial score (nSPS) is 12.9. The van der Waals surface area contributed by atoms with E-state index in [-0.39, 0.29) is 18.3 Å². The summed E-state index contributed by atoms with van der Waals surface area (Å²) in [5.74, 6) is 0.520. The molecule has 2 aromatic heterocycles. The third kappa shape index (κ3) is 4.26. The van der Waals surface area contributed by atoms with E-state index in [1.54, 1.807) is 12.1 Å². The molecule has 7 heteroatoms. The lowest BCUT2D eigenvalue weighted by molar-refractivity contribution is 0.0830. The summed E-state index contributed by atoms with van der Waals surface area (Å²) in [6, 6.07) is 14.5. The average Bonchev–Trinajstić information content (AvgIpc) is 3.38. The maximum Gasteiger partial charge on any atom is 0.305 e. The molecule has 1 aromatic carbocycles. The average molecular weight is 396 g/mol. The number of thiophene rings is 1. The summed E-state index contributed by atoms with van der Waals surface area (Å²) in [5, 5.41) is 0. The summed E-state index contributed by atoms with van der Waals surface area (Å²) in [4.78, 5) is 26.4. The molecule has 0 saturated heterocycles. The molecule has 0 fully saturated rings. The van der Waals surface area contributed by atoms with Crippen LogP contribution in [0.2, 0.25) is 0 Å². The van der Waals surface area contributed by atoms with Crippen LogP contribution >= 0.6 is 11.3 Å². The van der Waals surface area contributed by atoms with E-state index in [9.17, 15) is 9.59 Å². The largest absolute Gasteiger partial charge is 0.486 e. The highest BCUT2D eigenvalue weighted by atomic mass is 32.1. The van der Waals surface area contributed by atoms with Crippen LogP contribution in [0.3, 0.4) is 0 Å². The highest BCUT2D eigenvalue weighted by molar-refractivity contribution is 7.14. The van der Waals surface area contributed by atoms with Gasteiger partial charge in [-0.15, -0.1) is 11.3 Å². The van der Waals surface area contributed by atoms with Crippen LogP contribution in [0.1, 0.15) is 49.3 Å². The summed E-state index contributed by atoms with van der Waals surface area (Å²) in [7, 11) is 0. The molecule has 2 N–H and O–H groups in total. The Bertz CT molecular complexity index is 954. The second kappa shape index (κ2) is 8.31. The fourth-order valence-electron chi connectivity index (χ4n) is 3.09. The van der Waals surface area contributed by atoms with Crippen molar-refractivity contribution in [2.45, 2.75) is 32.3 Å².